The Balaban J connectivity index is 0.000000233. The predicted molar refractivity (Wildman–Crippen MR) is 314 cm³/mol. The molecule has 0 unspecified atom stereocenters. The SMILES string of the molecule is Cc1ccc2ccc3nc(-c4[c-]ccc5c4sc4nc(C(C)(C)c6ccccc6)ccc45)n(-c4c(C(C)C)c5ccccc5c5ccccc45)c3c2n1.[2H]C([2H])([2H])c1c[c-]c(-c2cc(C([2H])(C)C)c([Si](C)(C)C)cn2)cc1.[Ir]. The Morgan fingerprint density at radius 2 is 1.42 bits per heavy atom. The molecule has 5 aromatic heterocycles. The molecule has 12 aromatic rings. The van der Waals surface area contributed by atoms with E-state index in [-0.39, 0.29) is 37.0 Å². The van der Waals surface area contributed by atoms with Gasteiger partial charge in [0.15, 0.2) is 0 Å². The van der Waals surface area contributed by atoms with Gasteiger partial charge >= 0.3 is 0 Å². The molecule has 0 atom stereocenters. The third-order valence-electron chi connectivity index (χ3n) is 14.4. The predicted octanol–water partition coefficient (Wildman–Crippen LogP) is 17.4. The van der Waals surface area contributed by atoms with Crippen molar-refractivity contribution >= 4 is 88.4 Å². The zero-order valence-electron chi connectivity index (χ0n) is 47.6. The summed E-state index contributed by atoms with van der Waals surface area (Å²) in [5, 5.41) is 9.53. The van der Waals surface area contributed by atoms with Crippen LogP contribution in [-0.4, -0.2) is 32.6 Å². The van der Waals surface area contributed by atoms with Crippen LogP contribution in [0.3, 0.4) is 0 Å². The second-order valence-corrected chi connectivity index (χ2v) is 27.4. The van der Waals surface area contributed by atoms with Crippen molar-refractivity contribution in [1.82, 2.24) is 24.5 Å². The number of hydrogen-bond donors (Lipinski definition) is 0. The quantitative estimate of drug-likeness (QED) is 0.0864. The average Bonchev–Trinajstić information content (AvgIpc) is 4.18. The van der Waals surface area contributed by atoms with Crippen molar-refractivity contribution in [2.75, 3.05) is 0 Å². The summed E-state index contributed by atoms with van der Waals surface area (Å²) < 4.78 is 34.3. The second-order valence-electron chi connectivity index (χ2n) is 21.3. The number of imidazole rings is 1. The molecule has 1 radical (unpaired) electrons. The van der Waals surface area contributed by atoms with Crippen LogP contribution < -0.4 is 5.19 Å². The molecular formula is C66H61IrN5SSi-2. The molecule has 0 saturated heterocycles. The van der Waals surface area contributed by atoms with Gasteiger partial charge in [0.1, 0.15) is 4.83 Å². The summed E-state index contributed by atoms with van der Waals surface area (Å²) in [7, 11) is -1.61. The Kier molecular flexibility index (Phi) is 12.3. The summed E-state index contributed by atoms with van der Waals surface area (Å²) in [6, 6.07) is 59.1. The molecule has 5 nitrogen and oxygen atoms in total. The van der Waals surface area contributed by atoms with Crippen molar-refractivity contribution in [2.24, 2.45) is 0 Å². The van der Waals surface area contributed by atoms with Crippen LogP contribution in [0.15, 0.2) is 158 Å². The van der Waals surface area contributed by atoms with Gasteiger partial charge in [-0.3, -0.25) is 9.97 Å². The van der Waals surface area contributed by atoms with Gasteiger partial charge in [0.05, 0.1) is 41.8 Å². The van der Waals surface area contributed by atoms with E-state index >= 15 is 0 Å². The monoisotopic (exact) mass is 1180 g/mol. The Morgan fingerprint density at radius 3 is 2.11 bits per heavy atom. The third-order valence-corrected chi connectivity index (χ3v) is 17.5. The molecule has 0 fully saturated rings. The number of benzene rings is 7. The van der Waals surface area contributed by atoms with E-state index in [9.17, 15) is 0 Å². The number of aryl methyl sites for hydroxylation is 2. The van der Waals surface area contributed by atoms with Crippen molar-refractivity contribution in [3.05, 3.63) is 204 Å². The Hall–Kier alpha value is -6.67. The van der Waals surface area contributed by atoms with Gasteiger partial charge in [-0.2, -0.15) is 11.3 Å². The molecule has 7 aromatic carbocycles. The molecule has 12 rings (SSSR count). The first-order chi connectivity index (χ1) is 36.6. The Labute approximate surface area is 459 Å². The average molecular weight is 1180 g/mol. The van der Waals surface area contributed by atoms with Gasteiger partial charge in [0.25, 0.3) is 0 Å². The number of fused-ring (bicyclic) bond motifs is 9. The van der Waals surface area contributed by atoms with E-state index in [1.54, 1.807) is 23.5 Å². The van der Waals surface area contributed by atoms with E-state index in [1.165, 1.54) is 49.3 Å². The van der Waals surface area contributed by atoms with E-state index in [0.717, 1.165) is 82.1 Å². The molecule has 8 heteroatoms. The van der Waals surface area contributed by atoms with Crippen LogP contribution in [0.4, 0.5) is 0 Å². The zero-order chi connectivity index (χ0) is 54.3. The molecule has 0 amide bonds. The zero-order valence-corrected chi connectivity index (χ0v) is 47.8. The fourth-order valence-corrected chi connectivity index (χ4v) is 13.3. The first-order valence-corrected chi connectivity index (χ1v) is 29.5. The summed E-state index contributed by atoms with van der Waals surface area (Å²) in [6.07, 6.45) is 1.89. The topological polar surface area (TPSA) is 56.5 Å². The van der Waals surface area contributed by atoms with Crippen LogP contribution in [0, 0.1) is 25.9 Å². The molecular weight excluding hydrogens is 1120 g/mol. The van der Waals surface area contributed by atoms with E-state index in [0.29, 0.717) is 0 Å². The third kappa shape index (κ3) is 9.00. The van der Waals surface area contributed by atoms with Crippen molar-refractivity contribution in [1.29, 1.82) is 0 Å². The first-order valence-electron chi connectivity index (χ1n) is 27.2. The Bertz CT molecular complexity index is 4250. The maximum absolute atomic E-state index is 8.48. The molecule has 0 aliphatic rings. The molecule has 0 saturated carbocycles. The fourth-order valence-electron chi connectivity index (χ4n) is 10.5. The van der Waals surface area contributed by atoms with Gasteiger partial charge < -0.3 is 9.55 Å². The number of hydrogen-bond acceptors (Lipinski definition) is 5. The van der Waals surface area contributed by atoms with Crippen molar-refractivity contribution in [2.45, 2.75) is 92.2 Å². The first kappa shape index (κ1) is 45.9. The number of pyridine rings is 3. The van der Waals surface area contributed by atoms with Gasteiger partial charge in [-0.15, -0.1) is 53.6 Å². The minimum absolute atomic E-state index is 0. The summed E-state index contributed by atoms with van der Waals surface area (Å²) in [5.41, 5.74) is 12.1. The maximum atomic E-state index is 8.48. The Morgan fingerprint density at radius 1 is 0.716 bits per heavy atom. The van der Waals surface area contributed by atoms with Crippen molar-refractivity contribution in [3.8, 4) is 28.3 Å². The number of rotatable bonds is 8. The largest absolute Gasteiger partial charge is 0.330 e. The van der Waals surface area contributed by atoms with Gasteiger partial charge in [0.2, 0.25) is 0 Å². The number of nitrogens with zero attached hydrogens (tertiary/aromatic N) is 5. The van der Waals surface area contributed by atoms with Crippen molar-refractivity contribution < 1.29 is 25.6 Å². The molecule has 0 spiro atoms. The van der Waals surface area contributed by atoms with E-state index in [4.69, 9.17) is 20.4 Å². The summed E-state index contributed by atoms with van der Waals surface area (Å²) in [6.45, 7) is 19.6. The van der Waals surface area contributed by atoms with Crippen LogP contribution in [0.2, 0.25) is 19.6 Å². The van der Waals surface area contributed by atoms with Crippen LogP contribution in [0.25, 0.3) is 92.1 Å². The number of thiophene rings is 1. The molecule has 74 heavy (non-hydrogen) atoms. The standard InChI is InChI=1S/C48H37N4S.C18H24NSi.Ir/c1-28(2)41-34-18-11-9-16-32(34)33-17-10-12-19-35(33)43(41)52-44-39(26-24-30-23-22-29(3)49-42(30)44)50-46(52)38-21-13-20-36-37-25-27-40(51-47(37)53-45(36)38)48(4,5)31-14-7-6-8-15-31;1-13(2)16-11-17(15-9-7-14(3)8-10-15)19-12-18(16)20(4,5)6;/h6-20,22-28H,1-5H3;7-9,11-13H,1-6H3;/q2*-1;/i;3D3,13D;. The second kappa shape index (κ2) is 19.9. The van der Waals surface area contributed by atoms with Crippen LogP contribution >= 0.6 is 11.3 Å². The van der Waals surface area contributed by atoms with E-state index < -0.39 is 20.8 Å². The molecule has 0 N–H and O–H groups in total. The summed E-state index contributed by atoms with van der Waals surface area (Å²) in [4.78, 5) is 21.6. The minimum Gasteiger partial charge on any atom is -0.330 e. The maximum Gasteiger partial charge on any atom is 0.114 e. The van der Waals surface area contributed by atoms with Crippen molar-refractivity contribution in [3.63, 3.8) is 0 Å². The molecule has 0 bridgehead atoms. The van der Waals surface area contributed by atoms with Gasteiger partial charge in [-0.1, -0.05) is 188 Å². The summed E-state index contributed by atoms with van der Waals surface area (Å²) >= 11 is 1.73. The molecule has 0 aliphatic heterocycles. The van der Waals surface area contributed by atoms with Crippen LogP contribution in [-0.2, 0) is 25.5 Å². The molecule has 0 aliphatic carbocycles. The van der Waals surface area contributed by atoms with Gasteiger partial charge in [-0.25, -0.2) is 4.98 Å². The minimum atomic E-state index is -2.13. The smallest absolute Gasteiger partial charge is 0.114 e. The van der Waals surface area contributed by atoms with E-state index in [1.807, 2.05) is 26.1 Å². The number of aromatic nitrogens is 5. The van der Waals surface area contributed by atoms with Crippen LogP contribution in [0.5, 0.6) is 0 Å². The van der Waals surface area contributed by atoms with E-state index in [2.05, 4.69) is 203 Å². The normalized spacial score (nSPS) is 13.2. The van der Waals surface area contributed by atoms with Gasteiger partial charge in [-0.05, 0) is 85.2 Å². The summed E-state index contributed by atoms with van der Waals surface area (Å²) in [5.74, 6) is 0.376. The molecule has 5 heterocycles. The fraction of sp³-hybridized carbons (Fsp3) is 0.212. The van der Waals surface area contributed by atoms with Crippen LogP contribution in [0.1, 0.15) is 92.5 Å². The molecule has 371 valence electrons. The van der Waals surface area contributed by atoms with Gasteiger partial charge in [0, 0.05) is 53.7 Å².